The Morgan fingerprint density at radius 1 is 1.41 bits per heavy atom. The van der Waals surface area contributed by atoms with Gasteiger partial charge in [-0.25, -0.2) is 0 Å². The van der Waals surface area contributed by atoms with Crippen molar-refractivity contribution in [2.45, 2.75) is 64.1 Å². The van der Waals surface area contributed by atoms with Crippen molar-refractivity contribution in [2.24, 2.45) is 5.73 Å². The van der Waals surface area contributed by atoms with Crippen LogP contribution in [0.4, 0.5) is 0 Å². The van der Waals surface area contributed by atoms with Crippen molar-refractivity contribution in [3.05, 3.63) is 0 Å². The number of likely N-dealkylation sites (N-methyl/N-ethyl adjacent to an activating group) is 1. The third-order valence-electron chi connectivity index (χ3n) is 4.88. The highest BCUT2D eigenvalue weighted by Gasteiger charge is 2.46. The van der Waals surface area contributed by atoms with Crippen LogP contribution in [0.5, 0.6) is 0 Å². The van der Waals surface area contributed by atoms with Gasteiger partial charge in [0, 0.05) is 37.3 Å². The van der Waals surface area contributed by atoms with Gasteiger partial charge in [0.05, 0.1) is 0 Å². The highest BCUT2D eigenvalue weighted by Crippen LogP contribution is 2.36. The number of nitrogens with two attached hydrogens (primary N) is 1. The molecule has 2 N–H and O–H groups in total. The zero-order chi connectivity index (χ0) is 12.5. The molecule has 1 saturated carbocycles. The second kappa shape index (κ2) is 5.25. The summed E-state index contributed by atoms with van der Waals surface area (Å²) in [5.41, 5.74) is 6.41. The fraction of sp³-hybridized carbons (Fsp3) is 1.00. The van der Waals surface area contributed by atoms with E-state index in [1.54, 1.807) is 0 Å². The van der Waals surface area contributed by atoms with E-state index in [-0.39, 0.29) is 5.54 Å². The van der Waals surface area contributed by atoms with E-state index in [0.717, 1.165) is 19.1 Å². The van der Waals surface area contributed by atoms with Crippen molar-refractivity contribution < 1.29 is 0 Å². The van der Waals surface area contributed by atoms with Gasteiger partial charge in [0.1, 0.15) is 0 Å². The van der Waals surface area contributed by atoms with Crippen LogP contribution in [0.3, 0.4) is 0 Å². The van der Waals surface area contributed by atoms with Crippen LogP contribution in [-0.2, 0) is 0 Å². The maximum absolute atomic E-state index is 6.15. The van der Waals surface area contributed by atoms with Gasteiger partial charge < -0.3 is 5.73 Å². The molecule has 0 radical (unpaired) electrons. The van der Waals surface area contributed by atoms with E-state index < -0.39 is 0 Å². The van der Waals surface area contributed by atoms with E-state index in [2.05, 4.69) is 30.6 Å². The van der Waals surface area contributed by atoms with Gasteiger partial charge in [-0.1, -0.05) is 13.8 Å². The van der Waals surface area contributed by atoms with E-state index in [4.69, 9.17) is 5.73 Å². The van der Waals surface area contributed by atoms with Gasteiger partial charge in [-0.2, -0.15) is 0 Å². The number of nitrogens with zero attached hydrogens (tertiary/aromatic N) is 2. The Morgan fingerprint density at radius 3 is 2.59 bits per heavy atom. The van der Waals surface area contributed by atoms with Gasteiger partial charge >= 0.3 is 0 Å². The predicted octanol–water partition coefficient (Wildman–Crippen LogP) is 1.67. The van der Waals surface area contributed by atoms with Gasteiger partial charge in [-0.15, -0.1) is 0 Å². The highest BCUT2D eigenvalue weighted by molar-refractivity contribution is 5.04. The lowest BCUT2D eigenvalue weighted by molar-refractivity contribution is 0.0628. The third kappa shape index (κ3) is 2.51. The van der Waals surface area contributed by atoms with E-state index in [1.165, 1.54) is 38.8 Å². The number of hydrogen-bond acceptors (Lipinski definition) is 3. The number of hydrogen-bond donors (Lipinski definition) is 1. The summed E-state index contributed by atoms with van der Waals surface area (Å²) < 4.78 is 0. The molecule has 0 aromatic heterocycles. The average molecular weight is 239 g/mol. The standard InChI is InChI=1S/C14H29N3/c1-4-12(3)17(5-2)14(10-15)8-9-16(11-14)13-6-7-13/h12-13H,4-11,15H2,1-3H3. The number of rotatable bonds is 6. The van der Waals surface area contributed by atoms with Crippen LogP contribution >= 0.6 is 0 Å². The predicted molar refractivity (Wildman–Crippen MR) is 73.1 cm³/mol. The Balaban J connectivity index is 2.07. The van der Waals surface area contributed by atoms with Gasteiger partial charge in [-0.3, -0.25) is 9.80 Å². The van der Waals surface area contributed by atoms with Crippen molar-refractivity contribution in [2.75, 3.05) is 26.2 Å². The molecule has 2 aliphatic rings. The molecule has 0 aromatic carbocycles. The molecule has 100 valence electrons. The van der Waals surface area contributed by atoms with E-state index in [0.29, 0.717) is 6.04 Å². The molecule has 2 fully saturated rings. The minimum atomic E-state index is 0.257. The van der Waals surface area contributed by atoms with Gasteiger partial charge in [0.15, 0.2) is 0 Å². The molecule has 1 aliphatic heterocycles. The fourth-order valence-corrected chi connectivity index (χ4v) is 3.49. The molecule has 0 aromatic rings. The first-order valence-corrected chi connectivity index (χ1v) is 7.37. The zero-order valence-corrected chi connectivity index (χ0v) is 11.8. The molecular weight excluding hydrogens is 210 g/mol. The van der Waals surface area contributed by atoms with Crippen molar-refractivity contribution in [1.29, 1.82) is 0 Å². The Labute approximate surface area is 106 Å². The summed E-state index contributed by atoms with van der Waals surface area (Å²) in [5, 5.41) is 0. The quantitative estimate of drug-likeness (QED) is 0.765. The lowest BCUT2D eigenvalue weighted by Crippen LogP contribution is -2.58. The Hall–Kier alpha value is -0.120. The average Bonchev–Trinajstić information content (AvgIpc) is 3.11. The van der Waals surface area contributed by atoms with Crippen molar-refractivity contribution in [1.82, 2.24) is 9.80 Å². The minimum absolute atomic E-state index is 0.257. The molecule has 2 unspecified atom stereocenters. The second-order valence-corrected chi connectivity index (χ2v) is 5.92. The summed E-state index contributed by atoms with van der Waals surface area (Å²) in [6, 6.07) is 1.54. The van der Waals surface area contributed by atoms with E-state index in [1.807, 2.05) is 0 Å². The molecule has 1 aliphatic carbocycles. The van der Waals surface area contributed by atoms with Crippen LogP contribution in [0.15, 0.2) is 0 Å². The zero-order valence-electron chi connectivity index (χ0n) is 11.8. The van der Waals surface area contributed by atoms with Gasteiger partial charge in [-0.05, 0) is 39.2 Å². The Kier molecular flexibility index (Phi) is 4.11. The normalized spacial score (nSPS) is 32.3. The summed E-state index contributed by atoms with van der Waals surface area (Å²) >= 11 is 0. The van der Waals surface area contributed by atoms with Crippen molar-refractivity contribution >= 4 is 0 Å². The molecule has 17 heavy (non-hydrogen) atoms. The van der Waals surface area contributed by atoms with Crippen LogP contribution in [0.2, 0.25) is 0 Å². The highest BCUT2D eigenvalue weighted by atomic mass is 15.3. The summed E-state index contributed by atoms with van der Waals surface area (Å²) in [4.78, 5) is 5.34. The minimum Gasteiger partial charge on any atom is -0.329 e. The molecule has 0 spiro atoms. The summed E-state index contributed by atoms with van der Waals surface area (Å²) in [6.45, 7) is 11.3. The molecule has 1 heterocycles. The van der Waals surface area contributed by atoms with Gasteiger partial charge in [0.2, 0.25) is 0 Å². The van der Waals surface area contributed by atoms with E-state index in [9.17, 15) is 0 Å². The smallest absolute Gasteiger partial charge is 0.0473 e. The summed E-state index contributed by atoms with van der Waals surface area (Å²) in [7, 11) is 0. The maximum Gasteiger partial charge on any atom is 0.0473 e. The molecular formula is C14H29N3. The second-order valence-electron chi connectivity index (χ2n) is 5.92. The van der Waals surface area contributed by atoms with Crippen LogP contribution in [-0.4, -0.2) is 53.6 Å². The lowest BCUT2D eigenvalue weighted by atomic mass is 9.93. The SMILES string of the molecule is CCC(C)N(CC)C1(CN)CCN(C2CC2)C1. The van der Waals surface area contributed by atoms with Crippen molar-refractivity contribution in [3.63, 3.8) is 0 Å². The molecule has 2 atom stereocenters. The topological polar surface area (TPSA) is 32.5 Å². The first-order valence-electron chi connectivity index (χ1n) is 7.37. The molecule has 2 rings (SSSR count). The monoisotopic (exact) mass is 239 g/mol. The Morgan fingerprint density at radius 2 is 2.12 bits per heavy atom. The van der Waals surface area contributed by atoms with Crippen LogP contribution in [0.25, 0.3) is 0 Å². The summed E-state index contributed by atoms with van der Waals surface area (Å²) in [6.07, 6.45) is 5.31. The molecule has 0 bridgehead atoms. The molecule has 1 saturated heterocycles. The summed E-state index contributed by atoms with van der Waals surface area (Å²) in [5.74, 6) is 0. The van der Waals surface area contributed by atoms with Crippen LogP contribution in [0.1, 0.15) is 46.5 Å². The molecule has 3 heteroatoms. The fourth-order valence-electron chi connectivity index (χ4n) is 3.49. The van der Waals surface area contributed by atoms with Crippen molar-refractivity contribution in [3.8, 4) is 0 Å². The van der Waals surface area contributed by atoms with Gasteiger partial charge in [0.25, 0.3) is 0 Å². The number of likely N-dealkylation sites (tertiary alicyclic amines) is 1. The largest absolute Gasteiger partial charge is 0.329 e. The van der Waals surface area contributed by atoms with E-state index >= 15 is 0 Å². The first-order chi connectivity index (χ1) is 8.16. The molecule has 3 nitrogen and oxygen atoms in total. The maximum atomic E-state index is 6.15. The van der Waals surface area contributed by atoms with Crippen LogP contribution in [0, 0.1) is 0 Å². The van der Waals surface area contributed by atoms with Crippen LogP contribution < -0.4 is 5.73 Å². The third-order valence-corrected chi connectivity index (χ3v) is 4.88. The first kappa shape index (κ1) is 13.3. The lowest BCUT2D eigenvalue weighted by Gasteiger charge is -2.43. The Bertz CT molecular complexity index is 252. The molecule has 0 amide bonds.